The number of carbonyl (C=O) groups is 1. The topological polar surface area (TPSA) is 44.1 Å². The molecule has 0 atom stereocenters. The smallest absolute Gasteiger partial charge is 0.359 e. The third-order valence-corrected chi connectivity index (χ3v) is 3.37. The van der Waals surface area contributed by atoms with Crippen LogP contribution in [-0.4, -0.2) is 22.9 Å². The molecule has 0 aliphatic carbocycles. The number of fused-ring (bicyclic) bond motifs is 1. The van der Waals surface area contributed by atoms with Crippen molar-refractivity contribution in [1.29, 1.82) is 0 Å². The van der Waals surface area contributed by atoms with E-state index < -0.39 is 17.6 Å². The van der Waals surface area contributed by atoms with Crippen LogP contribution in [0.4, 0.5) is 8.78 Å². The lowest BCUT2D eigenvalue weighted by Gasteiger charge is -2.05. The molecular formula is C16H12F2N2O2. The SMILES string of the molecule is COC(=O)c1nn(Cc2ccc(F)cc2F)c2ccccc12. The molecule has 1 aromatic heterocycles. The molecule has 0 radical (unpaired) electrons. The van der Waals surface area contributed by atoms with E-state index in [0.717, 1.165) is 6.07 Å². The van der Waals surface area contributed by atoms with Gasteiger partial charge in [0.1, 0.15) is 11.6 Å². The van der Waals surface area contributed by atoms with Gasteiger partial charge < -0.3 is 4.74 Å². The van der Waals surface area contributed by atoms with Gasteiger partial charge in [-0.1, -0.05) is 24.3 Å². The fraction of sp³-hybridized carbons (Fsp3) is 0.125. The molecule has 6 heteroatoms. The molecule has 0 bridgehead atoms. The monoisotopic (exact) mass is 302 g/mol. The number of hydrogen-bond acceptors (Lipinski definition) is 3. The summed E-state index contributed by atoms with van der Waals surface area (Å²) in [5, 5.41) is 4.82. The van der Waals surface area contributed by atoms with E-state index in [2.05, 4.69) is 5.10 Å². The normalized spacial score (nSPS) is 10.9. The summed E-state index contributed by atoms with van der Waals surface area (Å²) < 4.78 is 33.0. The van der Waals surface area contributed by atoms with Crippen LogP contribution in [0.25, 0.3) is 10.9 Å². The average Bonchev–Trinajstić information content (AvgIpc) is 2.88. The molecule has 0 fully saturated rings. The van der Waals surface area contributed by atoms with Crippen molar-refractivity contribution in [3.05, 3.63) is 65.4 Å². The maximum Gasteiger partial charge on any atom is 0.359 e. The van der Waals surface area contributed by atoms with Gasteiger partial charge in [0.15, 0.2) is 5.69 Å². The number of nitrogens with zero attached hydrogens (tertiary/aromatic N) is 2. The number of aromatic nitrogens is 2. The van der Waals surface area contributed by atoms with Crippen LogP contribution >= 0.6 is 0 Å². The molecule has 0 spiro atoms. The van der Waals surface area contributed by atoms with Crippen molar-refractivity contribution >= 4 is 16.9 Å². The Hall–Kier alpha value is -2.76. The van der Waals surface area contributed by atoms with E-state index in [1.54, 1.807) is 24.3 Å². The lowest BCUT2D eigenvalue weighted by molar-refractivity contribution is 0.0595. The molecular weight excluding hydrogens is 290 g/mol. The van der Waals surface area contributed by atoms with E-state index in [9.17, 15) is 13.6 Å². The van der Waals surface area contributed by atoms with Crippen LogP contribution in [0.5, 0.6) is 0 Å². The Balaban J connectivity index is 2.09. The molecule has 3 rings (SSSR count). The minimum Gasteiger partial charge on any atom is -0.464 e. The standard InChI is InChI=1S/C16H12F2N2O2/c1-22-16(21)15-12-4-2-3-5-14(12)20(19-15)9-10-6-7-11(17)8-13(10)18/h2-8H,9H2,1H3. The van der Waals surface area contributed by atoms with Crippen molar-refractivity contribution in [1.82, 2.24) is 9.78 Å². The van der Waals surface area contributed by atoms with E-state index >= 15 is 0 Å². The molecule has 4 nitrogen and oxygen atoms in total. The van der Waals surface area contributed by atoms with Crippen LogP contribution in [0.3, 0.4) is 0 Å². The molecule has 22 heavy (non-hydrogen) atoms. The van der Waals surface area contributed by atoms with Gasteiger partial charge in [0.25, 0.3) is 0 Å². The van der Waals surface area contributed by atoms with Crippen molar-refractivity contribution < 1.29 is 18.3 Å². The summed E-state index contributed by atoms with van der Waals surface area (Å²) in [6.07, 6.45) is 0. The van der Waals surface area contributed by atoms with E-state index in [4.69, 9.17) is 4.74 Å². The second-order valence-electron chi connectivity index (χ2n) is 4.75. The quantitative estimate of drug-likeness (QED) is 0.698. The van der Waals surface area contributed by atoms with Crippen molar-refractivity contribution in [2.45, 2.75) is 6.54 Å². The highest BCUT2D eigenvalue weighted by molar-refractivity contribution is 6.02. The predicted molar refractivity (Wildman–Crippen MR) is 76.5 cm³/mol. The Kier molecular flexibility index (Phi) is 3.58. The van der Waals surface area contributed by atoms with Crippen LogP contribution in [0, 0.1) is 11.6 Å². The summed E-state index contributed by atoms with van der Waals surface area (Å²) in [7, 11) is 1.27. The summed E-state index contributed by atoms with van der Waals surface area (Å²) in [4.78, 5) is 11.8. The zero-order chi connectivity index (χ0) is 15.7. The van der Waals surface area contributed by atoms with Crippen LogP contribution in [0.15, 0.2) is 42.5 Å². The van der Waals surface area contributed by atoms with E-state index in [1.165, 1.54) is 23.9 Å². The number of hydrogen-bond donors (Lipinski definition) is 0. The lowest BCUT2D eigenvalue weighted by atomic mass is 10.2. The number of para-hydroxylation sites is 1. The molecule has 0 aliphatic rings. The van der Waals surface area contributed by atoms with Gasteiger partial charge in [-0.15, -0.1) is 0 Å². The number of ether oxygens (including phenoxy) is 1. The number of carbonyl (C=O) groups excluding carboxylic acids is 1. The Morgan fingerprint density at radius 3 is 2.73 bits per heavy atom. The molecule has 3 aromatic rings. The molecule has 0 saturated heterocycles. The van der Waals surface area contributed by atoms with Gasteiger partial charge >= 0.3 is 5.97 Å². The molecule has 0 unspecified atom stereocenters. The first-order chi connectivity index (χ1) is 10.6. The van der Waals surface area contributed by atoms with Crippen LogP contribution in [-0.2, 0) is 11.3 Å². The number of benzene rings is 2. The molecule has 0 saturated carbocycles. The van der Waals surface area contributed by atoms with E-state index in [1.807, 2.05) is 0 Å². The minimum absolute atomic E-state index is 0.0869. The molecule has 0 N–H and O–H groups in total. The number of esters is 1. The second kappa shape index (κ2) is 5.55. The van der Waals surface area contributed by atoms with Gasteiger partial charge in [-0.3, -0.25) is 4.68 Å². The Bertz CT molecular complexity index is 858. The number of methoxy groups -OCH3 is 1. The fourth-order valence-corrected chi connectivity index (χ4v) is 2.31. The maximum atomic E-state index is 13.8. The Morgan fingerprint density at radius 1 is 1.23 bits per heavy atom. The van der Waals surface area contributed by atoms with Crippen LogP contribution in [0.1, 0.15) is 16.1 Å². The molecule has 1 heterocycles. The first kappa shape index (κ1) is 14.2. The first-order valence-corrected chi connectivity index (χ1v) is 6.58. The largest absolute Gasteiger partial charge is 0.464 e. The Labute approximate surface area is 124 Å². The van der Waals surface area contributed by atoms with Crippen molar-refractivity contribution in [3.63, 3.8) is 0 Å². The van der Waals surface area contributed by atoms with Gasteiger partial charge in [0, 0.05) is 17.0 Å². The fourth-order valence-electron chi connectivity index (χ4n) is 2.31. The third kappa shape index (κ3) is 2.43. The van der Waals surface area contributed by atoms with E-state index in [0.29, 0.717) is 10.9 Å². The summed E-state index contributed by atoms with van der Waals surface area (Å²) in [6, 6.07) is 10.5. The van der Waals surface area contributed by atoms with Crippen LogP contribution < -0.4 is 0 Å². The number of halogens is 2. The van der Waals surface area contributed by atoms with Gasteiger partial charge in [0.05, 0.1) is 19.2 Å². The second-order valence-corrected chi connectivity index (χ2v) is 4.75. The molecule has 2 aromatic carbocycles. The maximum absolute atomic E-state index is 13.8. The highest BCUT2D eigenvalue weighted by Gasteiger charge is 2.18. The first-order valence-electron chi connectivity index (χ1n) is 6.58. The summed E-state index contributed by atoms with van der Waals surface area (Å²) >= 11 is 0. The summed E-state index contributed by atoms with van der Waals surface area (Å²) in [5.74, 6) is -1.85. The van der Waals surface area contributed by atoms with Gasteiger partial charge in [0.2, 0.25) is 0 Å². The predicted octanol–water partition coefficient (Wildman–Crippen LogP) is 3.15. The van der Waals surface area contributed by atoms with Crippen LogP contribution in [0.2, 0.25) is 0 Å². The minimum atomic E-state index is -0.654. The number of rotatable bonds is 3. The van der Waals surface area contributed by atoms with E-state index in [-0.39, 0.29) is 17.8 Å². The summed E-state index contributed by atoms with van der Waals surface area (Å²) in [5.41, 5.74) is 1.12. The Morgan fingerprint density at radius 2 is 2.00 bits per heavy atom. The molecule has 112 valence electrons. The highest BCUT2D eigenvalue weighted by Crippen LogP contribution is 2.21. The lowest BCUT2D eigenvalue weighted by Crippen LogP contribution is -2.07. The third-order valence-electron chi connectivity index (χ3n) is 3.37. The zero-order valence-corrected chi connectivity index (χ0v) is 11.7. The highest BCUT2D eigenvalue weighted by atomic mass is 19.1. The molecule has 0 aliphatic heterocycles. The van der Waals surface area contributed by atoms with Gasteiger partial charge in [-0.05, 0) is 12.1 Å². The van der Waals surface area contributed by atoms with Gasteiger partial charge in [-0.2, -0.15) is 5.10 Å². The zero-order valence-electron chi connectivity index (χ0n) is 11.7. The van der Waals surface area contributed by atoms with Gasteiger partial charge in [-0.25, -0.2) is 13.6 Å². The summed E-state index contributed by atoms with van der Waals surface area (Å²) in [6.45, 7) is 0.0869. The molecule has 0 amide bonds. The van der Waals surface area contributed by atoms with Crippen molar-refractivity contribution in [2.75, 3.05) is 7.11 Å². The average molecular weight is 302 g/mol. The van der Waals surface area contributed by atoms with Crippen molar-refractivity contribution in [2.24, 2.45) is 0 Å². The van der Waals surface area contributed by atoms with Crippen molar-refractivity contribution in [3.8, 4) is 0 Å².